The van der Waals surface area contributed by atoms with Gasteiger partial charge in [0.05, 0.1) is 0 Å². The Labute approximate surface area is 49.0 Å². The summed E-state index contributed by atoms with van der Waals surface area (Å²) in [6.07, 6.45) is 0. The van der Waals surface area contributed by atoms with Crippen LogP contribution in [0.4, 0.5) is 0 Å². The van der Waals surface area contributed by atoms with Crippen LogP contribution in [0.3, 0.4) is 0 Å². The van der Waals surface area contributed by atoms with E-state index in [1.807, 2.05) is 0 Å². The summed E-state index contributed by atoms with van der Waals surface area (Å²) in [5, 5.41) is 0. The molecule has 0 amide bonds. The van der Waals surface area contributed by atoms with E-state index in [4.69, 9.17) is 9.79 Å². The maximum absolute atomic E-state index is 9.73. The van der Waals surface area contributed by atoms with Crippen LogP contribution in [0, 0.1) is 0 Å². The van der Waals surface area contributed by atoms with Gasteiger partial charge in [-0.15, -0.1) is 0 Å². The van der Waals surface area contributed by atoms with Crippen molar-refractivity contribution < 1.29 is 14.4 Å². The van der Waals surface area contributed by atoms with Gasteiger partial charge in [0, 0.05) is 0 Å². The SMILES string of the molecule is O=P(O)(O)[CH2][SnH]. The third kappa shape index (κ3) is 4.95. The van der Waals surface area contributed by atoms with Gasteiger partial charge in [-0.1, -0.05) is 0 Å². The fourth-order valence-corrected chi connectivity index (χ4v) is 0. The number of rotatable bonds is 1. The van der Waals surface area contributed by atoms with Crippen LogP contribution in [0.25, 0.3) is 0 Å². The van der Waals surface area contributed by atoms with Crippen molar-refractivity contribution in [1.29, 1.82) is 0 Å². The van der Waals surface area contributed by atoms with Crippen molar-refractivity contribution in [1.82, 2.24) is 0 Å². The van der Waals surface area contributed by atoms with Crippen molar-refractivity contribution in [3.63, 3.8) is 0 Å². The van der Waals surface area contributed by atoms with Crippen molar-refractivity contribution >= 4 is 30.1 Å². The van der Waals surface area contributed by atoms with E-state index in [0.29, 0.717) is 22.5 Å². The molecule has 0 aliphatic carbocycles. The van der Waals surface area contributed by atoms with E-state index >= 15 is 0 Å². The van der Waals surface area contributed by atoms with Crippen LogP contribution in [-0.2, 0) is 4.57 Å². The van der Waals surface area contributed by atoms with E-state index in [0.717, 1.165) is 0 Å². The molecular formula is CH5O3PSn. The van der Waals surface area contributed by atoms with E-state index in [1.54, 1.807) is 0 Å². The summed E-state index contributed by atoms with van der Waals surface area (Å²) in [7, 11) is -3.59. The zero-order chi connectivity index (χ0) is 5.21. The number of hydrogen-bond donors (Lipinski definition) is 2. The quantitative estimate of drug-likeness (QED) is 0.436. The van der Waals surface area contributed by atoms with Crippen molar-refractivity contribution in [2.24, 2.45) is 0 Å². The second-order valence-electron chi connectivity index (χ2n) is 0.847. The molecule has 3 nitrogen and oxygen atoms in total. The van der Waals surface area contributed by atoms with Crippen LogP contribution in [0.1, 0.15) is 0 Å². The average molecular weight is 215 g/mol. The first kappa shape index (κ1) is 6.95. The molecule has 0 bridgehead atoms. The molecule has 0 aliphatic rings. The Balaban J connectivity index is 3.48. The van der Waals surface area contributed by atoms with Crippen LogP contribution in [-0.4, -0.2) is 36.5 Å². The van der Waals surface area contributed by atoms with Crippen molar-refractivity contribution in [3.8, 4) is 0 Å². The molecule has 2 N–H and O–H groups in total. The van der Waals surface area contributed by atoms with Crippen LogP contribution < -0.4 is 0 Å². The van der Waals surface area contributed by atoms with E-state index in [1.165, 1.54) is 0 Å². The Morgan fingerprint density at radius 1 is 1.67 bits per heavy atom. The first-order valence-electron chi connectivity index (χ1n) is 1.31. The van der Waals surface area contributed by atoms with Gasteiger partial charge in [-0.3, -0.25) is 0 Å². The van der Waals surface area contributed by atoms with Gasteiger partial charge in [0.1, 0.15) is 0 Å². The summed E-state index contributed by atoms with van der Waals surface area (Å²) in [6, 6.07) is 0. The molecule has 0 saturated heterocycles. The van der Waals surface area contributed by atoms with Crippen LogP contribution in [0.2, 0.25) is 0 Å². The van der Waals surface area contributed by atoms with Gasteiger partial charge in [-0.05, 0) is 0 Å². The third-order valence-corrected chi connectivity index (χ3v) is 4.79. The molecule has 0 aliphatic heterocycles. The Kier molecular flexibility index (Phi) is 2.67. The summed E-state index contributed by atoms with van der Waals surface area (Å²) in [4.78, 5) is 15.9. The number of hydrogen-bond acceptors (Lipinski definition) is 1. The van der Waals surface area contributed by atoms with Crippen molar-refractivity contribution in [2.75, 3.05) is 4.18 Å². The zero-order valence-corrected chi connectivity index (χ0v) is 7.22. The predicted octanol–water partition coefficient (Wildman–Crippen LogP) is -0.978. The van der Waals surface area contributed by atoms with Gasteiger partial charge in [-0.25, -0.2) is 0 Å². The van der Waals surface area contributed by atoms with Gasteiger partial charge in [0.15, 0.2) is 0 Å². The molecular weight excluding hydrogens is 210 g/mol. The van der Waals surface area contributed by atoms with E-state index in [9.17, 15) is 4.57 Å². The molecule has 0 unspecified atom stereocenters. The van der Waals surface area contributed by atoms with Gasteiger partial charge in [0.25, 0.3) is 0 Å². The molecule has 0 heterocycles. The van der Waals surface area contributed by atoms with Gasteiger partial charge in [-0.2, -0.15) is 0 Å². The summed E-state index contributed by atoms with van der Waals surface area (Å²) >= 11 is 0.640. The molecule has 6 heavy (non-hydrogen) atoms. The molecule has 2 radical (unpaired) electrons. The molecule has 0 saturated carbocycles. The van der Waals surface area contributed by atoms with Crippen molar-refractivity contribution in [3.05, 3.63) is 0 Å². The normalized spacial score (nSPS) is 11.8. The Morgan fingerprint density at radius 2 is 1.83 bits per heavy atom. The van der Waals surface area contributed by atoms with Gasteiger partial charge < -0.3 is 0 Å². The summed E-state index contributed by atoms with van der Waals surface area (Å²) in [5.41, 5.74) is 0. The molecule has 5 heteroatoms. The maximum atomic E-state index is 9.73. The molecule has 0 aromatic heterocycles. The van der Waals surface area contributed by atoms with Crippen LogP contribution >= 0.6 is 7.60 Å². The van der Waals surface area contributed by atoms with Crippen LogP contribution in [0.5, 0.6) is 0 Å². The zero-order valence-electron chi connectivity index (χ0n) is 3.03. The third-order valence-electron chi connectivity index (χ3n) is 0.238. The average Bonchev–Trinajstić information content (AvgIpc) is 1.35. The van der Waals surface area contributed by atoms with E-state index < -0.39 is 7.60 Å². The molecule has 0 fully saturated rings. The fraction of sp³-hybridized carbons (Fsp3) is 1.00. The van der Waals surface area contributed by atoms with Crippen LogP contribution in [0.15, 0.2) is 0 Å². The Hall–Kier alpha value is 0.949. The molecule has 0 rings (SSSR count). The molecule has 36 valence electrons. The molecule has 0 spiro atoms. The summed E-state index contributed by atoms with van der Waals surface area (Å²) in [6.45, 7) is 0. The topological polar surface area (TPSA) is 57.5 Å². The summed E-state index contributed by atoms with van der Waals surface area (Å²) in [5.74, 6) is 0. The Bertz CT molecular complexity index is 74.9. The fourth-order valence-electron chi connectivity index (χ4n) is 0. The monoisotopic (exact) mass is 216 g/mol. The minimum absolute atomic E-state index is 0.0675. The van der Waals surface area contributed by atoms with E-state index in [-0.39, 0.29) is 4.18 Å². The van der Waals surface area contributed by atoms with Crippen molar-refractivity contribution in [2.45, 2.75) is 0 Å². The first-order valence-corrected chi connectivity index (χ1v) is 5.44. The van der Waals surface area contributed by atoms with Gasteiger partial charge >= 0.3 is 48.7 Å². The van der Waals surface area contributed by atoms with E-state index in [2.05, 4.69) is 0 Å². The molecule has 0 aromatic carbocycles. The first-order chi connectivity index (χ1) is 2.56. The second kappa shape index (κ2) is 2.31. The minimum atomic E-state index is -3.59. The summed E-state index contributed by atoms with van der Waals surface area (Å²) < 4.78 is 9.79. The second-order valence-corrected chi connectivity index (χ2v) is 5.67. The molecule has 0 aromatic rings. The standard InChI is InChI=1S/CH4O3P.Sn.H/c1-5(2,3)4;;/h1H2,(H2,2,3,4);;. The predicted molar refractivity (Wildman–Crippen MR) is 24.1 cm³/mol. The molecule has 0 atom stereocenters. The van der Waals surface area contributed by atoms with Gasteiger partial charge in [0.2, 0.25) is 0 Å². The Morgan fingerprint density at radius 3 is 1.83 bits per heavy atom.